The lowest BCUT2D eigenvalue weighted by atomic mass is 9.71. The van der Waals surface area contributed by atoms with Crippen molar-refractivity contribution in [3.8, 4) is 0 Å². The quantitative estimate of drug-likeness (QED) is 0.530. The Hall–Kier alpha value is -1.45. The number of nitrogens with two attached hydrogens (primary N) is 2. The van der Waals surface area contributed by atoms with Gasteiger partial charge in [-0.15, -0.1) is 0 Å². The molecule has 3 rings (SSSR count). The first kappa shape index (κ1) is 9.75. The highest BCUT2D eigenvalue weighted by Crippen LogP contribution is 2.49. The maximum atomic E-state index is 6.00. The van der Waals surface area contributed by atoms with Crippen LogP contribution in [0.3, 0.4) is 0 Å². The van der Waals surface area contributed by atoms with Gasteiger partial charge in [-0.1, -0.05) is 25.0 Å². The van der Waals surface area contributed by atoms with E-state index in [0.717, 1.165) is 6.42 Å². The molecule has 1 atom stereocenters. The van der Waals surface area contributed by atoms with Crippen molar-refractivity contribution in [3.05, 3.63) is 23.5 Å². The van der Waals surface area contributed by atoms with Crippen LogP contribution in [-0.4, -0.2) is 12.0 Å². The van der Waals surface area contributed by atoms with Gasteiger partial charge in [0, 0.05) is 5.41 Å². The predicted molar refractivity (Wildman–Crippen MR) is 64.4 cm³/mol. The summed E-state index contributed by atoms with van der Waals surface area (Å²) in [6.07, 6.45) is 10.5. The fourth-order valence-corrected chi connectivity index (χ4v) is 3.30. The van der Waals surface area contributed by atoms with E-state index in [2.05, 4.69) is 22.5 Å². The Labute approximate surface area is 95.5 Å². The van der Waals surface area contributed by atoms with E-state index in [-0.39, 0.29) is 11.5 Å². The summed E-state index contributed by atoms with van der Waals surface area (Å²) in [5.74, 6) is 1.18. The molecule has 1 heterocycles. The maximum Gasteiger partial charge on any atom is 0.194 e. The molecule has 0 bridgehead atoms. The van der Waals surface area contributed by atoms with Gasteiger partial charge in [-0.3, -0.25) is 0 Å². The fraction of sp³-hybridized carbons (Fsp3) is 0.583. The van der Waals surface area contributed by atoms with E-state index in [0.29, 0.717) is 11.8 Å². The van der Waals surface area contributed by atoms with Crippen molar-refractivity contribution in [3.63, 3.8) is 0 Å². The van der Waals surface area contributed by atoms with Gasteiger partial charge in [-0.05, 0) is 24.8 Å². The number of fused-ring (bicyclic) bond motifs is 2. The van der Waals surface area contributed by atoms with Crippen LogP contribution in [0, 0.1) is 5.41 Å². The molecule has 4 heteroatoms. The van der Waals surface area contributed by atoms with Crippen LogP contribution in [0.15, 0.2) is 28.5 Å². The van der Waals surface area contributed by atoms with Gasteiger partial charge in [0.1, 0.15) is 5.82 Å². The number of hydrogen-bond donors (Lipinski definition) is 3. The molecule has 1 aliphatic heterocycles. The minimum atomic E-state index is 0.182. The van der Waals surface area contributed by atoms with Crippen molar-refractivity contribution in [2.75, 3.05) is 0 Å². The van der Waals surface area contributed by atoms with Gasteiger partial charge in [-0.25, -0.2) is 4.99 Å². The molecule has 3 aliphatic rings. The summed E-state index contributed by atoms with van der Waals surface area (Å²) in [5.41, 5.74) is 13.2. The van der Waals surface area contributed by atoms with Crippen molar-refractivity contribution in [2.45, 2.75) is 38.1 Å². The van der Waals surface area contributed by atoms with Gasteiger partial charge in [0.05, 0.1) is 6.04 Å². The van der Waals surface area contributed by atoms with E-state index >= 15 is 0 Å². The zero-order valence-corrected chi connectivity index (χ0v) is 9.37. The molecular weight excluding hydrogens is 200 g/mol. The summed E-state index contributed by atoms with van der Waals surface area (Å²) in [4.78, 5) is 4.58. The number of rotatable bonds is 0. The molecule has 1 saturated carbocycles. The van der Waals surface area contributed by atoms with E-state index in [4.69, 9.17) is 11.5 Å². The van der Waals surface area contributed by atoms with Crippen LogP contribution in [0.4, 0.5) is 0 Å². The molecule has 2 aliphatic carbocycles. The highest BCUT2D eigenvalue weighted by atomic mass is 15.2. The zero-order chi connectivity index (χ0) is 11.2. The van der Waals surface area contributed by atoms with Gasteiger partial charge >= 0.3 is 0 Å². The Bertz CT molecular complexity index is 399. The van der Waals surface area contributed by atoms with Crippen molar-refractivity contribution >= 4 is 5.96 Å². The molecule has 0 amide bonds. The Morgan fingerprint density at radius 3 is 2.81 bits per heavy atom. The lowest BCUT2D eigenvalue weighted by Gasteiger charge is -2.39. The first-order valence-corrected chi connectivity index (χ1v) is 5.98. The van der Waals surface area contributed by atoms with Crippen LogP contribution >= 0.6 is 0 Å². The van der Waals surface area contributed by atoms with Crippen molar-refractivity contribution in [1.29, 1.82) is 0 Å². The zero-order valence-electron chi connectivity index (χ0n) is 9.37. The number of hydrogen-bond acceptors (Lipinski definition) is 4. The Kier molecular flexibility index (Phi) is 1.99. The van der Waals surface area contributed by atoms with Crippen LogP contribution in [0.2, 0.25) is 0 Å². The van der Waals surface area contributed by atoms with E-state index < -0.39 is 0 Å². The Morgan fingerprint density at radius 2 is 2.06 bits per heavy atom. The van der Waals surface area contributed by atoms with Gasteiger partial charge in [-0.2, -0.15) is 0 Å². The molecule has 0 saturated heterocycles. The third-order valence-corrected chi connectivity index (χ3v) is 4.07. The number of aliphatic imine (C=N–C) groups is 1. The van der Waals surface area contributed by atoms with Crippen LogP contribution in [0.5, 0.6) is 0 Å². The standard InChI is InChI=1S/C12H18N4/c13-10-8-4-3-7-12(5-1-2-6-12)9(8)15-11(14)16-10/h3,7,9H,1-2,4-6,13H2,(H3,14,15,16). The number of nitrogens with one attached hydrogen (secondary N) is 1. The SMILES string of the molecule is NC1=NC2C(=C(N)N1)CC=CC21CCCC1. The number of nitrogens with zero attached hydrogens (tertiary/aromatic N) is 1. The predicted octanol–water partition coefficient (Wildman–Crippen LogP) is 0.963. The van der Waals surface area contributed by atoms with Crippen molar-refractivity contribution in [2.24, 2.45) is 21.9 Å². The maximum absolute atomic E-state index is 6.00. The smallest absolute Gasteiger partial charge is 0.194 e. The molecule has 0 radical (unpaired) electrons. The van der Waals surface area contributed by atoms with Crippen LogP contribution < -0.4 is 16.8 Å². The first-order chi connectivity index (χ1) is 7.71. The van der Waals surface area contributed by atoms with Crippen LogP contribution in [-0.2, 0) is 0 Å². The summed E-state index contributed by atoms with van der Waals surface area (Å²) in [6.45, 7) is 0. The summed E-state index contributed by atoms with van der Waals surface area (Å²) in [7, 11) is 0. The van der Waals surface area contributed by atoms with E-state index in [1.54, 1.807) is 0 Å². The topological polar surface area (TPSA) is 76.4 Å². The molecule has 5 N–H and O–H groups in total. The monoisotopic (exact) mass is 218 g/mol. The molecule has 16 heavy (non-hydrogen) atoms. The summed E-state index contributed by atoms with van der Waals surface area (Å²) >= 11 is 0. The Balaban J connectivity index is 2.06. The largest absolute Gasteiger partial charge is 0.385 e. The molecule has 1 unspecified atom stereocenters. The van der Waals surface area contributed by atoms with Crippen LogP contribution in [0.25, 0.3) is 0 Å². The minimum Gasteiger partial charge on any atom is -0.385 e. The second kappa shape index (κ2) is 3.27. The highest BCUT2D eigenvalue weighted by Gasteiger charge is 2.44. The van der Waals surface area contributed by atoms with Crippen molar-refractivity contribution in [1.82, 2.24) is 5.32 Å². The number of allylic oxidation sites excluding steroid dienone is 1. The average Bonchev–Trinajstić information content (AvgIpc) is 2.69. The van der Waals surface area contributed by atoms with Crippen LogP contribution in [0.1, 0.15) is 32.1 Å². The van der Waals surface area contributed by atoms with Gasteiger partial charge in [0.25, 0.3) is 0 Å². The number of guanidine groups is 1. The minimum absolute atomic E-state index is 0.182. The third-order valence-electron chi connectivity index (χ3n) is 4.07. The molecule has 4 nitrogen and oxygen atoms in total. The molecular formula is C12H18N4. The normalized spacial score (nSPS) is 31.2. The second-order valence-electron chi connectivity index (χ2n) is 5.03. The first-order valence-electron chi connectivity index (χ1n) is 5.98. The molecule has 1 fully saturated rings. The Morgan fingerprint density at radius 1 is 1.31 bits per heavy atom. The highest BCUT2D eigenvalue weighted by molar-refractivity contribution is 5.81. The molecule has 0 aromatic heterocycles. The lowest BCUT2D eigenvalue weighted by molar-refractivity contribution is 0.324. The average molecular weight is 218 g/mol. The van der Waals surface area contributed by atoms with Gasteiger partial charge in [0.2, 0.25) is 0 Å². The lowest BCUT2D eigenvalue weighted by Crippen LogP contribution is -2.46. The third kappa shape index (κ3) is 1.25. The summed E-state index contributed by atoms with van der Waals surface area (Å²) < 4.78 is 0. The molecule has 86 valence electrons. The van der Waals surface area contributed by atoms with Gasteiger partial charge in [0.15, 0.2) is 5.96 Å². The van der Waals surface area contributed by atoms with Crippen molar-refractivity contribution < 1.29 is 0 Å². The molecule has 1 spiro atoms. The molecule has 0 aromatic rings. The van der Waals surface area contributed by atoms with E-state index in [9.17, 15) is 0 Å². The molecule has 0 aromatic carbocycles. The summed E-state index contributed by atoms with van der Waals surface area (Å²) in [5, 5.41) is 2.94. The fourth-order valence-electron chi connectivity index (χ4n) is 3.30. The van der Waals surface area contributed by atoms with Gasteiger partial charge < -0.3 is 16.8 Å². The van der Waals surface area contributed by atoms with E-state index in [1.807, 2.05) is 0 Å². The summed E-state index contributed by atoms with van der Waals surface area (Å²) in [6, 6.07) is 0.182. The second-order valence-corrected chi connectivity index (χ2v) is 5.03. The van der Waals surface area contributed by atoms with E-state index in [1.165, 1.54) is 31.3 Å².